The molecule has 0 saturated carbocycles. The van der Waals surface area contributed by atoms with Gasteiger partial charge >= 0.3 is 0 Å². The zero-order chi connectivity index (χ0) is 13.0. The molecule has 5 heteroatoms. The van der Waals surface area contributed by atoms with E-state index in [1.165, 1.54) is 19.3 Å². The van der Waals surface area contributed by atoms with Crippen LogP contribution in [0, 0.1) is 0 Å². The second-order valence-electron chi connectivity index (χ2n) is 4.45. The van der Waals surface area contributed by atoms with Gasteiger partial charge in [0, 0.05) is 18.0 Å². The van der Waals surface area contributed by atoms with Gasteiger partial charge in [-0.15, -0.1) is 0 Å². The first-order valence-corrected chi connectivity index (χ1v) is 6.35. The summed E-state index contributed by atoms with van der Waals surface area (Å²) in [5.41, 5.74) is 6.27. The molecule has 0 spiro atoms. The number of nitrogens with zero attached hydrogens (tertiary/aromatic N) is 2. The second-order valence-corrected chi connectivity index (χ2v) is 4.45. The number of carbonyl (C=O) groups excluding carboxylic acids is 1. The predicted molar refractivity (Wildman–Crippen MR) is 70.3 cm³/mol. The van der Waals surface area contributed by atoms with Crippen LogP contribution < -0.4 is 5.73 Å². The van der Waals surface area contributed by atoms with Gasteiger partial charge in [-0.3, -0.25) is 4.79 Å². The van der Waals surface area contributed by atoms with E-state index < -0.39 is 5.91 Å². The number of hydrogen-bond acceptors (Lipinski definition) is 3. The minimum absolute atomic E-state index is 0.377. The van der Waals surface area contributed by atoms with Crippen LogP contribution in [0.5, 0.6) is 0 Å². The normalized spacial score (nSPS) is 10.9. The Kier molecular flexibility index (Phi) is 3.92. The summed E-state index contributed by atoms with van der Waals surface area (Å²) in [5.74, 6) is 0.342. The van der Waals surface area contributed by atoms with E-state index in [1.807, 2.05) is 0 Å². The molecule has 0 aliphatic rings. The molecule has 0 atom stereocenters. The third-order valence-electron chi connectivity index (χ3n) is 2.94. The van der Waals surface area contributed by atoms with Crippen molar-refractivity contribution in [1.82, 2.24) is 15.0 Å². The Hall–Kier alpha value is -1.91. The molecule has 5 nitrogen and oxygen atoms in total. The zero-order valence-corrected chi connectivity index (χ0v) is 10.6. The maximum absolute atomic E-state index is 11.0. The van der Waals surface area contributed by atoms with Gasteiger partial charge in [0.2, 0.25) is 0 Å². The standard InChI is InChI=1S/C13H18N4O/c1-2-3-4-5-6-11-15-8-9-7-10(12(14)18)16-13(9)17-11/h7-8H,2-6H2,1H3,(H2,14,18)(H,15,16,17). The largest absolute Gasteiger partial charge is 0.364 e. The van der Waals surface area contributed by atoms with Gasteiger partial charge in [-0.05, 0) is 12.5 Å². The van der Waals surface area contributed by atoms with Gasteiger partial charge in [0.25, 0.3) is 5.91 Å². The molecule has 0 unspecified atom stereocenters. The summed E-state index contributed by atoms with van der Waals surface area (Å²) in [6.07, 6.45) is 7.38. The monoisotopic (exact) mass is 246 g/mol. The first-order chi connectivity index (χ1) is 8.70. The molecule has 0 aliphatic carbocycles. The van der Waals surface area contributed by atoms with Crippen LogP contribution in [0.3, 0.4) is 0 Å². The Balaban J connectivity index is 2.09. The van der Waals surface area contributed by atoms with E-state index in [-0.39, 0.29) is 0 Å². The van der Waals surface area contributed by atoms with Gasteiger partial charge in [-0.25, -0.2) is 9.97 Å². The van der Waals surface area contributed by atoms with E-state index in [1.54, 1.807) is 12.3 Å². The maximum atomic E-state index is 11.0. The summed E-state index contributed by atoms with van der Waals surface area (Å²) in [4.78, 5) is 22.6. The number of primary amides is 1. The fourth-order valence-corrected chi connectivity index (χ4v) is 1.92. The Morgan fingerprint density at radius 2 is 2.22 bits per heavy atom. The Morgan fingerprint density at radius 3 is 2.94 bits per heavy atom. The lowest BCUT2D eigenvalue weighted by molar-refractivity contribution is 0.0996. The average molecular weight is 246 g/mol. The average Bonchev–Trinajstić information content (AvgIpc) is 2.78. The summed E-state index contributed by atoms with van der Waals surface area (Å²) in [6.45, 7) is 2.19. The van der Waals surface area contributed by atoms with Crippen molar-refractivity contribution in [3.8, 4) is 0 Å². The molecular formula is C13H18N4O. The van der Waals surface area contributed by atoms with E-state index in [9.17, 15) is 4.79 Å². The SMILES string of the molecule is CCCCCCc1ncc2cc(C(N)=O)[nH]c2n1. The lowest BCUT2D eigenvalue weighted by Gasteiger charge is -1.99. The number of H-pyrrole nitrogens is 1. The smallest absolute Gasteiger partial charge is 0.265 e. The van der Waals surface area contributed by atoms with Crippen LogP contribution in [0.1, 0.15) is 48.9 Å². The number of nitrogens with two attached hydrogens (primary N) is 1. The fourth-order valence-electron chi connectivity index (χ4n) is 1.92. The summed E-state index contributed by atoms with van der Waals surface area (Å²) >= 11 is 0. The Labute approximate surface area is 106 Å². The fraction of sp³-hybridized carbons (Fsp3) is 0.462. The highest BCUT2D eigenvalue weighted by Crippen LogP contribution is 2.13. The first-order valence-electron chi connectivity index (χ1n) is 6.35. The highest BCUT2D eigenvalue weighted by Gasteiger charge is 2.07. The van der Waals surface area contributed by atoms with E-state index in [0.717, 1.165) is 24.1 Å². The van der Waals surface area contributed by atoms with E-state index >= 15 is 0 Å². The van der Waals surface area contributed by atoms with Crippen molar-refractivity contribution >= 4 is 16.9 Å². The van der Waals surface area contributed by atoms with E-state index in [4.69, 9.17) is 5.73 Å². The van der Waals surface area contributed by atoms with Gasteiger partial charge in [0.1, 0.15) is 17.2 Å². The summed E-state index contributed by atoms with van der Waals surface area (Å²) in [5, 5.41) is 0.820. The minimum Gasteiger partial charge on any atom is -0.364 e. The van der Waals surface area contributed by atoms with Crippen LogP contribution in [0.4, 0.5) is 0 Å². The third-order valence-corrected chi connectivity index (χ3v) is 2.94. The molecule has 2 aromatic heterocycles. The van der Waals surface area contributed by atoms with Crippen molar-refractivity contribution in [2.45, 2.75) is 39.0 Å². The van der Waals surface area contributed by atoms with Crippen molar-refractivity contribution in [1.29, 1.82) is 0 Å². The number of rotatable bonds is 6. The van der Waals surface area contributed by atoms with E-state index in [2.05, 4.69) is 21.9 Å². The number of unbranched alkanes of at least 4 members (excludes halogenated alkanes) is 3. The van der Waals surface area contributed by atoms with E-state index in [0.29, 0.717) is 11.3 Å². The molecule has 2 heterocycles. The number of amides is 1. The third kappa shape index (κ3) is 2.85. The zero-order valence-electron chi connectivity index (χ0n) is 10.6. The van der Waals surface area contributed by atoms with Crippen LogP contribution in [-0.2, 0) is 6.42 Å². The molecule has 2 rings (SSSR count). The van der Waals surface area contributed by atoms with Crippen LogP contribution in [-0.4, -0.2) is 20.9 Å². The number of aryl methyl sites for hydroxylation is 1. The molecule has 96 valence electrons. The molecule has 18 heavy (non-hydrogen) atoms. The number of nitrogens with one attached hydrogen (secondary N) is 1. The summed E-state index contributed by atoms with van der Waals surface area (Å²) in [6, 6.07) is 1.68. The molecule has 0 radical (unpaired) electrons. The van der Waals surface area contributed by atoms with Gasteiger partial charge in [0.15, 0.2) is 0 Å². The van der Waals surface area contributed by atoms with Gasteiger partial charge < -0.3 is 10.7 Å². The van der Waals surface area contributed by atoms with Crippen LogP contribution in [0.25, 0.3) is 11.0 Å². The highest BCUT2D eigenvalue weighted by molar-refractivity contribution is 5.95. The molecule has 0 aliphatic heterocycles. The second kappa shape index (κ2) is 5.62. The minimum atomic E-state index is -0.475. The number of carbonyl (C=O) groups is 1. The Bertz CT molecular complexity index is 547. The molecule has 1 amide bonds. The lowest BCUT2D eigenvalue weighted by Crippen LogP contribution is -2.10. The van der Waals surface area contributed by atoms with Gasteiger partial charge in [0.05, 0.1) is 0 Å². The molecular weight excluding hydrogens is 228 g/mol. The van der Waals surface area contributed by atoms with Crippen molar-refractivity contribution in [3.63, 3.8) is 0 Å². The van der Waals surface area contributed by atoms with Crippen molar-refractivity contribution in [2.24, 2.45) is 5.73 Å². The lowest BCUT2D eigenvalue weighted by atomic mass is 10.1. The topological polar surface area (TPSA) is 84.7 Å². The molecule has 2 aromatic rings. The molecule has 0 bridgehead atoms. The number of hydrogen-bond donors (Lipinski definition) is 2. The maximum Gasteiger partial charge on any atom is 0.265 e. The van der Waals surface area contributed by atoms with Gasteiger partial charge in [-0.2, -0.15) is 0 Å². The molecule has 3 N–H and O–H groups in total. The summed E-state index contributed by atoms with van der Waals surface area (Å²) < 4.78 is 0. The first kappa shape index (κ1) is 12.5. The number of aromatic amines is 1. The quantitative estimate of drug-likeness (QED) is 0.766. The highest BCUT2D eigenvalue weighted by atomic mass is 16.1. The molecule has 0 fully saturated rings. The van der Waals surface area contributed by atoms with Crippen molar-refractivity contribution in [3.05, 3.63) is 23.8 Å². The number of fused-ring (bicyclic) bond motifs is 1. The molecule has 0 aromatic carbocycles. The summed E-state index contributed by atoms with van der Waals surface area (Å²) in [7, 11) is 0. The van der Waals surface area contributed by atoms with Crippen molar-refractivity contribution in [2.75, 3.05) is 0 Å². The van der Waals surface area contributed by atoms with Crippen LogP contribution >= 0.6 is 0 Å². The molecule has 0 saturated heterocycles. The van der Waals surface area contributed by atoms with Crippen LogP contribution in [0.2, 0.25) is 0 Å². The number of aromatic nitrogens is 3. The van der Waals surface area contributed by atoms with Gasteiger partial charge in [-0.1, -0.05) is 26.2 Å². The van der Waals surface area contributed by atoms with Crippen LogP contribution in [0.15, 0.2) is 12.3 Å². The predicted octanol–water partition coefficient (Wildman–Crippen LogP) is 2.18. The van der Waals surface area contributed by atoms with Crippen molar-refractivity contribution < 1.29 is 4.79 Å². The Morgan fingerprint density at radius 1 is 1.39 bits per heavy atom.